The molecule has 0 aromatic heterocycles. The van der Waals surface area contributed by atoms with Gasteiger partial charge in [-0.2, -0.15) is 0 Å². The van der Waals surface area contributed by atoms with Crippen molar-refractivity contribution in [2.24, 2.45) is 11.7 Å². The van der Waals surface area contributed by atoms with Gasteiger partial charge in [0.25, 0.3) is 5.69 Å². The van der Waals surface area contributed by atoms with Crippen molar-refractivity contribution in [3.8, 4) is 0 Å². The van der Waals surface area contributed by atoms with Gasteiger partial charge in [0.15, 0.2) is 0 Å². The molecule has 0 radical (unpaired) electrons. The fraction of sp³-hybridized carbons (Fsp3) is 0.538. The highest BCUT2D eigenvalue weighted by atomic mass is 35.5. The van der Waals surface area contributed by atoms with Crippen molar-refractivity contribution in [1.29, 1.82) is 0 Å². The predicted octanol–water partition coefficient (Wildman–Crippen LogP) is 1.52. The number of non-ortho nitro benzene ring substituents is 1. The lowest BCUT2D eigenvalue weighted by Crippen LogP contribution is -2.43. The minimum absolute atomic E-state index is 0. The Labute approximate surface area is 136 Å². The number of hydrogen-bond acceptors (Lipinski definition) is 5. The average Bonchev–Trinajstić information content (AvgIpc) is 3.24. The van der Waals surface area contributed by atoms with Gasteiger partial charge in [-0.05, 0) is 24.3 Å². The zero-order chi connectivity index (χ0) is 15.6. The van der Waals surface area contributed by atoms with Gasteiger partial charge in [-0.1, -0.05) is 12.1 Å². The lowest BCUT2D eigenvalue weighted by Gasteiger charge is -2.26. The van der Waals surface area contributed by atoms with E-state index in [-0.39, 0.29) is 29.9 Å². The first kappa shape index (κ1) is 18.8. The van der Waals surface area contributed by atoms with Crippen LogP contribution in [-0.2, 0) is 15.8 Å². The zero-order valence-electron chi connectivity index (χ0n) is 12.2. The van der Waals surface area contributed by atoms with E-state index in [1.54, 1.807) is 7.05 Å². The summed E-state index contributed by atoms with van der Waals surface area (Å²) in [5, 5.41) is 10.6. The molecule has 0 spiro atoms. The summed E-state index contributed by atoms with van der Waals surface area (Å²) in [6.45, 7) is 0.306. The normalized spacial score (nSPS) is 16.1. The Hall–Kier alpha value is -1.22. The van der Waals surface area contributed by atoms with Gasteiger partial charge in [-0.15, -0.1) is 12.4 Å². The maximum absolute atomic E-state index is 12.4. The van der Waals surface area contributed by atoms with E-state index in [0.717, 1.165) is 12.8 Å². The zero-order valence-corrected chi connectivity index (χ0v) is 13.8. The number of halogens is 1. The van der Waals surface area contributed by atoms with Crippen molar-refractivity contribution < 1.29 is 13.3 Å². The molecule has 1 atom stereocenters. The van der Waals surface area contributed by atoms with Gasteiger partial charge in [0, 0.05) is 31.8 Å². The van der Waals surface area contributed by atoms with Gasteiger partial charge < -0.3 is 5.73 Å². The second-order valence-electron chi connectivity index (χ2n) is 5.34. The molecule has 124 valence electrons. The Morgan fingerprint density at radius 3 is 2.32 bits per heavy atom. The van der Waals surface area contributed by atoms with Gasteiger partial charge in [-0.3, -0.25) is 10.1 Å². The summed E-state index contributed by atoms with van der Waals surface area (Å²) in [6.07, 6.45) is 2.03. The average molecular weight is 350 g/mol. The summed E-state index contributed by atoms with van der Waals surface area (Å²) in [5.41, 5.74) is 6.15. The van der Waals surface area contributed by atoms with Gasteiger partial charge in [-0.25, -0.2) is 12.7 Å². The molecule has 1 unspecified atom stereocenters. The molecular formula is C13H20ClN3O4S. The van der Waals surface area contributed by atoms with E-state index in [9.17, 15) is 18.5 Å². The summed E-state index contributed by atoms with van der Waals surface area (Å²) < 4.78 is 26.1. The number of rotatable bonds is 7. The van der Waals surface area contributed by atoms with Crippen LogP contribution in [0, 0.1) is 16.0 Å². The fourth-order valence-corrected chi connectivity index (χ4v) is 3.84. The van der Waals surface area contributed by atoms with E-state index in [1.165, 1.54) is 28.6 Å². The monoisotopic (exact) mass is 349 g/mol. The van der Waals surface area contributed by atoms with E-state index in [0.29, 0.717) is 18.0 Å². The molecule has 0 saturated heterocycles. The van der Waals surface area contributed by atoms with Crippen molar-refractivity contribution in [3.63, 3.8) is 0 Å². The molecular weight excluding hydrogens is 330 g/mol. The maximum Gasteiger partial charge on any atom is 0.269 e. The molecule has 0 amide bonds. The summed E-state index contributed by atoms with van der Waals surface area (Å²) in [6, 6.07) is 5.40. The van der Waals surface area contributed by atoms with Crippen LogP contribution in [-0.4, -0.2) is 37.3 Å². The molecule has 0 aliphatic heterocycles. The Bertz CT molecular complexity index is 617. The molecule has 0 heterocycles. The molecule has 2 N–H and O–H groups in total. The van der Waals surface area contributed by atoms with Crippen LogP contribution in [0.3, 0.4) is 0 Å². The Morgan fingerprint density at radius 2 is 1.91 bits per heavy atom. The van der Waals surface area contributed by atoms with Crippen LogP contribution in [0.5, 0.6) is 0 Å². The molecule has 22 heavy (non-hydrogen) atoms. The molecule has 1 aromatic rings. The predicted molar refractivity (Wildman–Crippen MR) is 86.3 cm³/mol. The molecule has 9 heteroatoms. The summed E-state index contributed by atoms with van der Waals surface area (Å²) in [4.78, 5) is 10.1. The van der Waals surface area contributed by atoms with Gasteiger partial charge in [0.2, 0.25) is 10.0 Å². The Kier molecular flexibility index (Phi) is 6.30. The third-order valence-corrected chi connectivity index (χ3v) is 5.66. The molecule has 0 bridgehead atoms. The number of nitro benzene ring substituents is 1. The largest absolute Gasteiger partial charge is 0.329 e. The number of benzene rings is 1. The first-order valence-corrected chi connectivity index (χ1v) is 8.35. The van der Waals surface area contributed by atoms with Crippen molar-refractivity contribution in [2.45, 2.75) is 24.6 Å². The molecule has 1 saturated carbocycles. The van der Waals surface area contributed by atoms with Crippen molar-refractivity contribution in [2.75, 3.05) is 13.6 Å². The second-order valence-corrected chi connectivity index (χ2v) is 7.36. The van der Waals surface area contributed by atoms with E-state index in [1.807, 2.05) is 0 Å². The van der Waals surface area contributed by atoms with Crippen LogP contribution >= 0.6 is 12.4 Å². The summed E-state index contributed by atoms with van der Waals surface area (Å²) >= 11 is 0. The standard InChI is InChI=1S/C13H19N3O4S.ClH/c1-15(13(8-14)11-4-5-11)21(19,20)9-10-2-6-12(7-3-10)16(17)18;/h2-3,6-7,11,13H,4-5,8-9,14H2,1H3;1H. The fourth-order valence-electron chi connectivity index (χ4n) is 2.35. The van der Waals surface area contributed by atoms with Crippen LogP contribution in [0.1, 0.15) is 18.4 Å². The molecule has 7 nitrogen and oxygen atoms in total. The smallest absolute Gasteiger partial charge is 0.269 e. The van der Waals surface area contributed by atoms with E-state index in [2.05, 4.69) is 0 Å². The van der Waals surface area contributed by atoms with Crippen molar-refractivity contribution >= 4 is 28.1 Å². The topological polar surface area (TPSA) is 107 Å². The van der Waals surface area contributed by atoms with Crippen molar-refractivity contribution in [1.82, 2.24) is 4.31 Å². The van der Waals surface area contributed by atoms with Crippen molar-refractivity contribution in [3.05, 3.63) is 39.9 Å². The van der Waals surface area contributed by atoms with Crippen LogP contribution in [0.2, 0.25) is 0 Å². The number of nitro groups is 1. The Morgan fingerprint density at radius 1 is 1.36 bits per heavy atom. The van der Waals surface area contributed by atoms with Crippen LogP contribution in [0.25, 0.3) is 0 Å². The molecule has 1 aliphatic rings. The van der Waals surface area contributed by atoms with E-state index in [4.69, 9.17) is 5.73 Å². The molecule has 2 rings (SSSR count). The highest BCUT2D eigenvalue weighted by molar-refractivity contribution is 7.88. The minimum Gasteiger partial charge on any atom is -0.329 e. The lowest BCUT2D eigenvalue weighted by molar-refractivity contribution is -0.384. The molecule has 1 aromatic carbocycles. The van der Waals surface area contributed by atoms with Crippen LogP contribution in [0.15, 0.2) is 24.3 Å². The number of nitrogens with zero attached hydrogens (tertiary/aromatic N) is 2. The first-order chi connectivity index (χ1) is 9.85. The van der Waals surface area contributed by atoms with Gasteiger partial charge >= 0.3 is 0 Å². The molecule has 1 aliphatic carbocycles. The quantitative estimate of drug-likeness (QED) is 0.593. The van der Waals surface area contributed by atoms with Crippen LogP contribution in [0.4, 0.5) is 5.69 Å². The third-order valence-electron chi connectivity index (χ3n) is 3.81. The minimum atomic E-state index is -3.48. The highest BCUT2D eigenvalue weighted by Crippen LogP contribution is 2.35. The third kappa shape index (κ3) is 4.39. The summed E-state index contributed by atoms with van der Waals surface area (Å²) in [5.74, 6) is 0.177. The SMILES string of the molecule is CN(C(CN)C1CC1)S(=O)(=O)Cc1ccc([N+](=O)[O-])cc1.Cl. The number of hydrogen-bond donors (Lipinski definition) is 1. The Balaban J connectivity index is 0.00000242. The first-order valence-electron chi connectivity index (χ1n) is 6.74. The number of likely N-dealkylation sites (N-methyl/N-ethyl adjacent to an activating group) is 1. The van der Waals surface area contributed by atoms with E-state index >= 15 is 0 Å². The molecule has 1 fully saturated rings. The van der Waals surface area contributed by atoms with E-state index < -0.39 is 14.9 Å². The number of nitrogens with two attached hydrogens (primary N) is 1. The summed E-state index contributed by atoms with van der Waals surface area (Å²) in [7, 11) is -1.93. The van der Waals surface area contributed by atoms with Crippen LogP contribution < -0.4 is 5.73 Å². The number of sulfonamides is 1. The maximum atomic E-state index is 12.4. The lowest BCUT2D eigenvalue weighted by atomic mass is 10.2. The second kappa shape index (κ2) is 7.36. The highest BCUT2D eigenvalue weighted by Gasteiger charge is 2.37. The van der Waals surface area contributed by atoms with Gasteiger partial charge in [0.05, 0.1) is 10.7 Å². The van der Waals surface area contributed by atoms with Gasteiger partial charge in [0.1, 0.15) is 0 Å².